The number of alkyl halides is 5. The van der Waals surface area contributed by atoms with E-state index >= 15 is 0 Å². The summed E-state index contributed by atoms with van der Waals surface area (Å²) in [7, 11) is 0. The van der Waals surface area contributed by atoms with E-state index in [1.807, 2.05) is 0 Å². The van der Waals surface area contributed by atoms with E-state index in [0.29, 0.717) is 17.2 Å². The molecule has 174 valence electrons. The van der Waals surface area contributed by atoms with Crippen molar-refractivity contribution >= 4 is 11.6 Å². The molecule has 6 nitrogen and oxygen atoms in total. The highest BCUT2D eigenvalue weighted by Crippen LogP contribution is 2.38. The number of carbonyl (C=O) groups excluding carboxylic acids is 1. The van der Waals surface area contributed by atoms with Gasteiger partial charge in [0, 0.05) is 42.1 Å². The standard InChI is InChI=1S/C21H16F6N4O2/c1-20(23,24)11-33-17-6-12(22)2-3-15(17)18-16-9-31(19(32)14(16)4-5-28-18)13-7-29-30(8-13)10-21(25,26)27/h2-8H,9-11H2,1H3. The minimum absolute atomic E-state index is 0.0597. The summed E-state index contributed by atoms with van der Waals surface area (Å²) in [5.41, 5.74) is 1.17. The van der Waals surface area contributed by atoms with Gasteiger partial charge in [0.2, 0.25) is 0 Å². The van der Waals surface area contributed by atoms with Crippen LogP contribution < -0.4 is 9.64 Å². The van der Waals surface area contributed by atoms with Crippen LogP contribution in [-0.4, -0.2) is 39.4 Å². The summed E-state index contributed by atoms with van der Waals surface area (Å²) in [5, 5.41) is 3.65. The predicted molar refractivity (Wildman–Crippen MR) is 105 cm³/mol. The van der Waals surface area contributed by atoms with Gasteiger partial charge in [-0.2, -0.15) is 18.3 Å². The normalized spacial score (nSPS) is 14.0. The van der Waals surface area contributed by atoms with Crippen LogP contribution in [0.2, 0.25) is 0 Å². The monoisotopic (exact) mass is 470 g/mol. The third-order valence-corrected chi connectivity index (χ3v) is 4.80. The summed E-state index contributed by atoms with van der Waals surface area (Å²) in [6.07, 6.45) is -0.921. The molecule has 3 aromatic rings. The van der Waals surface area contributed by atoms with Crippen LogP contribution in [0.4, 0.5) is 32.0 Å². The van der Waals surface area contributed by atoms with Gasteiger partial charge in [-0.25, -0.2) is 13.2 Å². The zero-order valence-corrected chi connectivity index (χ0v) is 17.0. The summed E-state index contributed by atoms with van der Waals surface area (Å²) in [6.45, 7) is -1.72. The maximum absolute atomic E-state index is 13.8. The number of nitrogens with zero attached hydrogens (tertiary/aromatic N) is 4. The van der Waals surface area contributed by atoms with Gasteiger partial charge in [-0.15, -0.1) is 0 Å². The highest BCUT2D eigenvalue weighted by molar-refractivity contribution is 6.11. The molecule has 12 heteroatoms. The van der Waals surface area contributed by atoms with Crippen molar-refractivity contribution in [3.05, 3.63) is 59.8 Å². The van der Waals surface area contributed by atoms with Crippen molar-refractivity contribution in [1.29, 1.82) is 0 Å². The Hall–Kier alpha value is -3.57. The summed E-state index contributed by atoms with van der Waals surface area (Å²) in [4.78, 5) is 18.4. The molecule has 4 rings (SSSR count). The highest BCUT2D eigenvalue weighted by atomic mass is 19.4. The maximum atomic E-state index is 13.8. The van der Waals surface area contributed by atoms with Gasteiger partial charge in [0.25, 0.3) is 11.8 Å². The van der Waals surface area contributed by atoms with Crippen LogP contribution in [0.25, 0.3) is 11.3 Å². The fourth-order valence-corrected chi connectivity index (χ4v) is 3.45. The number of benzene rings is 1. The number of fused-ring (bicyclic) bond motifs is 1. The molecule has 33 heavy (non-hydrogen) atoms. The molecule has 0 bridgehead atoms. The summed E-state index contributed by atoms with van der Waals surface area (Å²) < 4.78 is 84.1. The number of anilines is 1. The van der Waals surface area contributed by atoms with Crippen molar-refractivity contribution in [1.82, 2.24) is 14.8 Å². The quantitative estimate of drug-likeness (QED) is 0.484. The maximum Gasteiger partial charge on any atom is 0.408 e. The third-order valence-electron chi connectivity index (χ3n) is 4.80. The Balaban J connectivity index is 1.68. The summed E-state index contributed by atoms with van der Waals surface area (Å²) >= 11 is 0. The van der Waals surface area contributed by atoms with E-state index in [0.717, 1.165) is 24.5 Å². The van der Waals surface area contributed by atoms with Crippen LogP contribution in [0, 0.1) is 5.82 Å². The SMILES string of the molecule is CC(F)(F)COc1cc(F)ccc1-c1nccc2c1CN(c1cnn(CC(F)(F)F)c1)C2=O. The molecule has 0 radical (unpaired) electrons. The number of ether oxygens (including phenoxy) is 1. The molecular formula is C21H16F6N4O2. The highest BCUT2D eigenvalue weighted by Gasteiger charge is 2.34. The van der Waals surface area contributed by atoms with Crippen LogP contribution >= 0.6 is 0 Å². The van der Waals surface area contributed by atoms with E-state index in [-0.39, 0.29) is 34.8 Å². The number of rotatable bonds is 6. The molecule has 1 amide bonds. The van der Waals surface area contributed by atoms with Gasteiger partial charge in [-0.1, -0.05) is 0 Å². The Morgan fingerprint density at radius 1 is 1.12 bits per heavy atom. The lowest BCUT2D eigenvalue weighted by molar-refractivity contribution is -0.142. The molecule has 0 fully saturated rings. The Kier molecular flexibility index (Phi) is 5.54. The molecule has 0 aliphatic carbocycles. The Bertz CT molecular complexity index is 1200. The van der Waals surface area contributed by atoms with Gasteiger partial charge in [-0.05, 0) is 18.2 Å². The molecule has 1 aliphatic heterocycles. The molecule has 0 atom stereocenters. The molecular weight excluding hydrogens is 454 g/mol. The van der Waals surface area contributed by atoms with Gasteiger partial charge in [0.1, 0.15) is 18.1 Å². The average Bonchev–Trinajstić information content (AvgIpc) is 3.29. The van der Waals surface area contributed by atoms with Crippen LogP contribution in [0.5, 0.6) is 5.75 Å². The lowest BCUT2D eigenvalue weighted by atomic mass is 10.0. The van der Waals surface area contributed by atoms with E-state index in [2.05, 4.69) is 10.1 Å². The Labute approximate surface area is 183 Å². The van der Waals surface area contributed by atoms with Crippen molar-refractivity contribution in [2.75, 3.05) is 11.5 Å². The number of hydrogen-bond donors (Lipinski definition) is 0. The van der Waals surface area contributed by atoms with E-state index in [1.54, 1.807) is 0 Å². The molecule has 2 aromatic heterocycles. The smallest absolute Gasteiger partial charge is 0.408 e. The molecule has 0 unspecified atom stereocenters. The van der Waals surface area contributed by atoms with Crippen LogP contribution in [0.1, 0.15) is 22.8 Å². The third kappa shape index (κ3) is 4.94. The number of amides is 1. The van der Waals surface area contributed by atoms with Crippen molar-refractivity contribution in [3.8, 4) is 17.0 Å². The van der Waals surface area contributed by atoms with Gasteiger partial charge < -0.3 is 9.64 Å². The first-order valence-electron chi connectivity index (χ1n) is 9.61. The van der Waals surface area contributed by atoms with Gasteiger partial charge in [-0.3, -0.25) is 14.5 Å². The molecule has 0 saturated heterocycles. The Morgan fingerprint density at radius 2 is 1.88 bits per heavy atom. The number of halogens is 6. The summed E-state index contributed by atoms with van der Waals surface area (Å²) in [6, 6.07) is 4.78. The number of pyridine rings is 1. The minimum atomic E-state index is -4.48. The van der Waals surface area contributed by atoms with Crippen molar-refractivity contribution in [3.63, 3.8) is 0 Å². The molecule has 0 spiro atoms. The minimum Gasteiger partial charge on any atom is -0.487 e. The predicted octanol–water partition coefficient (Wildman–Crippen LogP) is 4.84. The molecule has 3 heterocycles. The zero-order chi connectivity index (χ0) is 24.0. The topological polar surface area (TPSA) is 60.2 Å². The molecule has 0 saturated carbocycles. The van der Waals surface area contributed by atoms with Gasteiger partial charge >= 0.3 is 6.18 Å². The Morgan fingerprint density at radius 3 is 2.58 bits per heavy atom. The molecule has 1 aromatic carbocycles. The van der Waals surface area contributed by atoms with E-state index in [9.17, 15) is 31.1 Å². The van der Waals surface area contributed by atoms with E-state index in [1.165, 1.54) is 23.2 Å². The lowest BCUT2D eigenvalue weighted by Gasteiger charge is -2.16. The van der Waals surface area contributed by atoms with Crippen molar-refractivity contribution in [2.24, 2.45) is 0 Å². The zero-order valence-electron chi connectivity index (χ0n) is 17.0. The van der Waals surface area contributed by atoms with Gasteiger partial charge in [0.15, 0.2) is 6.61 Å². The largest absolute Gasteiger partial charge is 0.487 e. The van der Waals surface area contributed by atoms with E-state index in [4.69, 9.17) is 4.74 Å². The molecule has 0 N–H and O–H groups in total. The van der Waals surface area contributed by atoms with Gasteiger partial charge in [0.05, 0.1) is 24.1 Å². The fraction of sp³-hybridized carbons (Fsp3) is 0.286. The van der Waals surface area contributed by atoms with Crippen LogP contribution in [0.3, 0.4) is 0 Å². The number of hydrogen-bond acceptors (Lipinski definition) is 4. The first kappa shape index (κ1) is 22.6. The van der Waals surface area contributed by atoms with Crippen molar-refractivity contribution < 1.29 is 35.9 Å². The van der Waals surface area contributed by atoms with Crippen molar-refractivity contribution in [2.45, 2.75) is 32.1 Å². The molecule has 1 aliphatic rings. The van der Waals surface area contributed by atoms with E-state index < -0.39 is 37.0 Å². The first-order valence-corrected chi connectivity index (χ1v) is 9.61. The summed E-state index contributed by atoms with van der Waals surface area (Å²) in [5.74, 6) is -4.55. The fourth-order valence-electron chi connectivity index (χ4n) is 3.45. The average molecular weight is 470 g/mol. The first-order chi connectivity index (χ1) is 15.4. The lowest BCUT2D eigenvalue weighted by Crippen LogP contribution is -2.22. The number of aromatic nitrogens is 3. The second kappa shape index (κ2) is 8.09. The second-order valence-electron chi connectivity index (χ2n) is 7.59. The number of carbonyl (C=O) groups is 1. The van der Waals surface area contributed by atoms with Crippen LogP contribution in [0.15, 0.2) is 42.9 Å². The second-order valence-corrected chi connectivity index (χ2v) is 7.59. The van der Waals surface area contributed by atoms with Crippen LogP contribution in [-0.2, 0) is 13.1 Å².